The molecule has 0 saturated carbocycles. The Hall–Kier alpha value is -2.02. The first-order valence-corrected chi connectivity index (χ1v) is 9.33. The van der Waals surface area contributed by atoms with E-state index in [0.29, 0.717) is 18.7 Å². The molecule has 1 aromatic rings. The third-order valence-electron chi connectivity index (χ3n) is 5.78. The molecule has 0 N–H and O–H groups in total. The van der Waals surface area contributed by atoms with E-state index in [9.17, 15) is 9.59 Å². The lowest BCUT2D eigenvalue weighted by atomic mass is 9.96. The van der Waals surface area contributed by atoms with Crippen molar-refractivity contribution in [1.29, 1.82) is 0 Å². The average molecular weight is 343 g/mol. The lowest BCUT2D eigenvalue weighted by molar-refractivity contribution is -0.137. The first-order chi connectivity index (χ1) is 12.2. The van der Waals surface area contributed by atoms with E-state index in [-0.39, 0.29) is 23.9 Å². The molecule has 25 heavy (non-hydrogen) atoms. The van der Waals surface area contributed by atoms with E-state index in [4.69, 9.17) is 0 Å². The van der Waals surface area contributed by atoms with Gasteiger partial charge < -0.3 is 14.7 Å². The summed E-state index contributed by atoms with van der Waals surface area (Å²) in [5.74, 6) is 0.184. The highest BCUT2D eigenvalue weighted by atomic mass is 16.2. The molecule has 134 valence electrons. The summed E-state index contributed by atoms with van der Waals surface area (Å²) in [6.45, 7) is 4.72. The molecule has 1 aromatic heterocycles. The zero-order valence-corrected chi connectivity index (χ0v) is 14.5. The minimum absolute atomic E-state index is 0.0607. The number of rotatable bonds is 4. The van der Waals surface area contributed by atoms with Crippen molar-refractivity contribution >= 4 is 11.8 Å². The number of aromatic nitrogens is 2. The van der Waals surface area contributed by atoms with Crippen molar-refractivity contribution in [3.8, 4) is 0 Å². The Morgan fingerprint density at radius 2 is 1.92 bits per heavy atom. The van der Waals surface area contributed by atoms with E-state index >= 15 is 0 Å². The van der Waals surface area contributed by atoms with Crippen LogP contribution in [0.3, 0.4) is 0 Å². The van der Waals surface area contributed by atoms with Gasteiger partial charge in [-0.05, 0) is 38.8 Å². The Balaban J connectivity index is 1.44. The van der Waals surface area contributed by atoms with E-state index in [2.05, 4.69) is 14.9 Å². The van der Waals surface area contributed by atoms with Gasteiger partial charge in [-0.1, -0.05) is 0 Å². The maximum absolute atomic E-state index is 12.8. The molecule has 0 radical (unpaired) electrons. The molecule has 4 heterocycles. The molecule has 0 unspecified atom stereocenters. The third kappa shape index (κ3) is 3.25. The maximum atomic E-state index is 12.8. The zero-order valence-electron chi connectivity index (χ0n) is 14.5. The van der Waals surface area contributed by atoms with E-state index in [0.717, 1.165) is 39.0 Å². The summed E-state index contributed by atoms with van der Waals surface area (Å²) < 4.78 is 0. The number of carbonyl (C=O) groups is 2. The Kier molecular flexibility index (Phi) is 4.65. The summed E-state index contributed by atoms with van der Waals surface area (Å²) >= 11 is 0. The van der Waals surface area contributed by atoms with Crippen LogP contribution >= 0.6 is 0 Å². The summed E-state index contributed by atoms with van der Waals surface area (Å²) in [5.41, 5.74) is 0.392. The minimum Gasteiger partial charge on any atom is -0.336 e. The van der Waals surface area contributed by atoms with Crippen LogP contribution in [0, 0.1) is 0 Å². The fourth-order valence-electron chi connectivity index (χ4n) is 4.50. The van der Waals surface area contributed by atoms with Crippen molar-refractivity contribution in [3.63, 3.8) is 0 Å². The van der Waals surface area contributed by atoms with Gasteiger partial charge in [-0.2, -0.15) is 0 Å². The van der Waals surface area contributed by atoms with E-state index in [1.165, 1.54) is 19.0 Å². The Labute approximate surface area is 148 Å². The number of carbonyl (C=O) groups excluding carboxylic acids is 2. The molecule has 3 saturated heterocycles. The quantitative estimate of drug-likeness (QED) is 0.808. The highest BCUT2D eigenvalue weighted by Gasteiger charge is 2.45. The summed E-state index contributed by atoms with van der Waals surface area (Å²) in [5, 5.41) is 0. The Morgan fingerprint density at radius 3 is 2.68 bits per heavy atom. The van der Waals surface area contributed by atoms with Crippen LogP contribution < -0.4 is 0 Å². The summed E-state index contributed by atoms with van der Waals surface area (Å²) in [6.07, 6.45) is 9.33. The molecule has 3 fully saturated rings. The van der Waals surface area contributed by atoms with Gasteiger partial charge >= 0.3 is 0 Å². The van der Waals surface area contributed by atoms with Crippen LogP contribution in [0.1, 0.15) is 42.6 Å². The molecule has 3 aliphatic heterocycles. The molecular formula is C18H25N5O2. The number of amides is 2. The van der Waals surface area contributed by atoms with E-state index in [1.807, 2.05) is 9.80 Å². The van der Waals surface area contributed by atoms with Gasteiger partial charge in [0.1, 0.15) is 5.69 Å². The van der Waals surface area contributed by atoms with E-state index in [1.54, 1.807) is 12.4 Å². The molecule has 0 aliphatic carbocycles. The molecule has 3 aliphatic rings. The normalized spacial score (nSPS) is 27.0. The van der Waals surface area contributed by atoms with Gasteiger partial charge in [0.25, 0.3) is 5.91 Å². The van der Waals surface area contributed by atoms with Gasteiger partial charge in [0.15, 0.2) is 0 Å². The van der Waals surface area contributed by atoms with Gasteiger partial charge in [0.05, 0.1) is 18.3 Å². The summed E-state index contributed by atoms with van der Waals surface area (Å²) in [7, 11) is 0. The van der Waals surface area contributed by atoms with Crippen molar-refractivity contribution < 1.29 is 9.59 Å². The second-order valence-corrected chi connectivity index (χ2v) is 7.19. The topological polar surface area (TPSA) is 69.6 Å². The number of hydrogen-bond donors (Lipinski definition) is 0. The molecule has 0 bridgehead atoms. The lowest BCUT2D eigenvalue weighted by Crippen LogP contribution is -2.54. The predicted octanol–water partition coefficient (Wildman–Crippen LogP) is 0.778. The van der Waals surface area contributed by atoms with Crippen LogP contribution in [0.25, 0.3) is 0 Å². The highest BCUT2D eigenvalue weighted by Crippen LogP contribution is 2.32. The van der Waals surface area contributed by atoms with Crippen LogP contribution in [0.5, 0.6) is 0 Å². The number of hydrogen-bond acceptors (Lipinski definition) is 5. The smallest absolute Gasteiger partial charge is 0.274 e. The predicted molar refractivity (Wildman–Crippen MR) is 91.9 cm³/mol. The average Bonchev–Trinajstić information content (AvgIpc) is 3.30. The van der Waals surface area contributed by atoms with Crippen molar-refractivity contribution in [2.45, 2.75) is 44.2 Å². The van der Waals surface area contributed by atoms with Gasteiger partial charge in [-0.3, -0.25) is 14.6 Å². The summed E-state index contributed by atoms with van der Waals surface area (Å²) in [4.78, 5) is 39.8. The molecule has 0 aromatic carbocycles. The summed E-state index contributed by atoms with van der Waals surface area (Å²) in [6, 6.07) is 0.273. The van der Waals surface area contributed by atoms with Crippen LogP contribution in [0.2, 0.25) is 0 Å². The van der Waals surface area contributed by atoms with Gasteiger partial charge in [-0.25, -0.2) is 4.98 Å². The number of fused-ring (bicyclic) bond motifs is 1. The van der Waals surface area contributed by atoms with Crippen molar-refractivity contribution in [3.05, 3.63) is 24.3 Å². The first kappa shape index (κ1) is 16.4. The third-order valence-corrected chi connectivity index (χ3v) is 5.78. The lowest BCUT2D eigenvalue weighted by Gasteiger charge is -2.40. The molecule has 7 nitrogen and oxygen atoms in total. The minimum atomic E-state index is -0.0607. The SMILES string of the molecule is O=C1CC[C@@H]2[C@@H](CCN2C(=O)c2cnccn2)N1CCN1CCCC1. The van der Waals surface area contributed by atoms with Crippen LogP contribution in [-0.4, -0.2) is 81.3 Å². The van der Waals surface area contributed by atoms with Crippen molar-refractivity contribution in [1.82, 2.24) is 24.7 Å². The molecule has 0 spiro atoms. The van der Waals surface area contributed by atoms with E-state index < -0.39 is 0 Å². The van der Waals surface area contributed by atoms with Crippen molar-refractivity contribution in [2.75, 3.05) is 32.7 Å². The number of piperidine rings is 1. The van der Waals surface area contributed by atoms with Crippen LogP contribution in [-0.2, 0) is 4.79 Å². The molecule has 4 rings (SSSR count). The Bertz CT molecular complexity index is 632. The highest BCUT2D eigenvalue weighted by molar-refractivity contribution is 5.92. The Morgan fingerprint density at radius 1 is 1.08 bits per heavy atom. The number of nitrogens with zero attached hydrogens (tertiary/aromatic N) is 5. The fraction of sp³-hybridized carbons (Fsp3) is 0.667. The molecule has 7 heteroatoms. The largest absolute Gasteiger partial charge is 0.336 e. The second-order valence-electron chi connectivity index (χ2n) is 7.19. The number of likely N-dealkylation sites (tertiary alicyclic amines) is 3. The molecular weight excluding hydrogens is 318 g/mol. The van der Waals surface area contributed by atoms with Gasteiger partial charge in [-0.15, -0.1) is 0 Å². The monoisotopic (exact) mass is 343 g/mol. The standard InChI is InChI=1S/C18H25N5O2/c24-17-4-3-15-16(22(17)12-11-21-8-1-2-9-21)5-10-23(15)18(25)14-13-19-6-7-20-14/h6-7,13,15-16H,1-5,8-12H2/t15-,16-/m1/s1. The zero-order chi connectivity index (χ0) is 17.2. The van der Waals surface area contributed by atoms with Crippen LogP contribution in [0.4, 0.5) is 0 Å². The molecule has 2 amide bonds. The van der Waals surface area contributed by atoms with Gasteiger partial charge in [0.2, 0.25) is 5.91 Å². The van der Waals surface area contributed by atoms with Crippen molar-refractivity contribution in [2.24, 2.45) is 0 Å². The molecule has 2 atom stereocenters. The van der Waals surface area contributed by atoms with Crippen LogP contribution in [0.15, 0.2) is 18.6 Å². The maximum Gasteiger partial charge on any atom is 0.274 e. The second kappa shape index (κ2) is 7.07. The fourth-order valence-corrected chi connectivity index (χ4v) is 4.50. The first-order valence-electron chi connectivity index (χ1n) is 9.33. The van der Waals surface area contributed by atoms with Gasteiger partial charge in [0, 0.05) is 38.4 Å².